The normalized spacial score (nSPS) is 20.3. The summed E-state index contributed by atoms with van der Waals surface area (Å²) in [5, 5.41) is 18.6. The molecular weight excluding hydrogens is 1660 g/mol. The Bertz CT molecular complexity index is 4240. The first-order chi connectivity index (χ1) is 60.3. The number of thioether (sulfide) groups is 2. The number of ether oxygens (including phenoxy) is 4. The molecular formula is C97H139N9O19S2. The Labute approximate surface area is 760 Å². The van der Waals surface area contributed by atoms with Crippen LogP contribution in [-0.4, -0.2) is 204 Å². The van der Waals surface area contributed by atoms with Crippen LogP contribution in [0.15, 0.2) is 120 Å². The minimum Gasteiger partial charge on any atom is -0.458 e. The number of rotatable bonds is 48. The van der Waals surface area contributed by atoms with Crippen LogP contribution in [0, 0.1) is 58.2 Å². The van der Waals surface area contributed by atoms with Crippen LogP contribution < -0.4 is 37.2 Å². The molecule has 0 bridgehead atoms. The largest absolute Gasteiger partial charge is 0.458 e. The number of hydrogen-bond donors (Lipinski definition) is 7. The van der Waals surface area contributed by atoms with Gasteiger partial charge in [0, 0.05) is 170 Å². The number of amides is 11. The predicted octanol–water partition coefficient (Wildman–Crippen LogP) is 12.6. The first kappa shape index (κ1) is 109. The molecule has 0 aromatic heterocycles. The van der Waals surface area contributed by atoms with Gasteiger partial charge in [-0.2, -0.15) is 11.8 Å². The lowest BCUT2D eigenvalue weighted by molar-refractivity contribution is -0.148. The van der Waals surface area contributed by atoms with Gasteiger partial charge in [0.25, 0.3) is 0 Å². The van der Waals surface area contributed by atoms with Crippen LogP contribution in [0.2, 0.25) is 0 Å². The van der Waals surface area contributed by atoms with Crippen molar-refractivity contribution in [2.24, 2.45) is 34.5 Å². The molecule has 2 saturated heterocycles. The van der Waals surface area contributed by atoms with E-state index in [-0.39, 0.29) is 145 Å². The second kappa shape index (κ2) is 58.2. The molecule has 0 aromatic rings. The van der Waals surface area contributed by atoms with Gasteiger partial charge < -0.3 is 56.2 Å². The number of carbonyl (C=O) groups excluding carboxylic acids is 15. The van der Waals surface area contributed by atoms with Crippen LogP contribution in [0.3, 0.4) is 0 Å². The molecule has 10 atom stereocenters. The molecule has 0 aromatic carbocycles. The van der Waals surface area contributed by atoms with Gasteiger partial charge in [0.15, 0.2) is 11.6 Å². The van der Waals surface area contributed by atoms with E-state index in [4.69, 9.17) is 18.9 Å². The Morgan fingerprint density at radius 1 is 0.559 bits per heavy atom. The molecule has 7 N–H and O–H groups in total. The molecule has 4 aliphatic heterocycles. The zero-order chi connectivity index (χ0) is 94.2. The average molecular weight is 1800 g/mol. The number of nitrogens with zero attached hydrogens (tertiary/aromatic N) is 2. The van der Waals surface area contributed by atoms with E-state index in [0.29, 0.717) is 120 Å². The van der Waals surface area contributed by atoms with E-state index in [9.17, 15) is 71.9 Å². The van der Waals surface area contributed by atoms with Gasteiger partial charge in [-0.25, -0.2) is 19.2 Å². The lowest BCUT2D eigenvalue weighted by atomic mass is 9.81. The number of hydrogen-bond acceptors (Lipinski definition) is 21. The van der Waals surface area contributed by atoms with Crippen molar-refractivity contribution in [1.29, 1.82) is 0 Å². The van der Waals surface area contributed by atoms with Crippen LogP contribution in [0.4, 0.5) is 9.59 Å². The Kier molecular flexibility index (Phi) is 49.9. The molecule has 28 nitrogen and oxygen atoms in total. The van der Waals surface area contributed by atoms with Crippen LogP contribution in [-0.2, 0) is 81.3 Å². The molecule has 5 rings (SSSR count). The molecule has 1 aliphatic carbocycles. The van der Waals surface area contributed by atoms with Gasteiger partial charge in [0.05, 0.1) is 22.6 Å². The van der Waals surface area contributed by atoms with Crippen molar-refractivity contribution in [2.45, 2.75) is 279 Å². The highest BCUT2D eigenvalue weighted by Crippen LogP contribution is 2.34. The molecule has 2 unspecified atom stereocenters. The Hall–Kier alpha value is -10.3. The molecule has 4 heterocycles. The first-order valence-corrected chi connectivity index (χ1v) is 46.7. The maximum absolute atomic E-state index is 13.3. The number of esters is 2. The Balaban J connectivity index is 0.000000536. The summed E-state index contributed by atoms with van der Waals surface area (Å²) in [6, 6.07) is -1.50. The van der Waals surface area contributed by atoms with E-state index in [1.54, 1.807) is 83.4 Å². The van der Waals surface area contributed by atoms with Gasteiger partial charge in [-0.1, -0.05) is 170 Å². The summed E-state index contributed by atoms with van der Waals surface area (Å²) in [5.74, 6) is 9.49. The summed E-state index contributed by atoms with van der Waals surface area (Å²) in [4.78, 5) is 190. The lowest BCUT2D eigenvalue weighted by Gasteiger charge is -2.29. The van der Waals surface area contributed by atoms with E-state index in [0.717, 1.165) is 43.3 Å². The van der Waals surface area contributed by atoms with Crippen molar-refractivity contribution in [3.8, 4) is 23.7 Å². The zero-order valence-corrected chi connectivity index (χ0v) is 79.1. The fourth-order valence-electron chi connectivity index (χ4n) is 14.4. The minimum atomic E-state index is -0.755. The Morgan fingerprint density at radius 3 is 1.43 bits per heavy atom. The number of Topliss-reactive ketones (excluding diaryl/α,β-unsaturated/α-hetero) is 2. The summed E-state index contributed by atoms with van der Waals surface area (Å²) in [5.41, 5.74) is 2.05. The third-order valence-corrected chi connectivity index (χ3v) is 24.0. The third kappa shape index (κ3) is 42.4. The number of allylic oxidation sites excluding steroid dienone is 10. The molecule has 3 fully saturated rings. The van der Waals surface area contributed by atoms with Crippen molar-refractivity contribution in [3.63, 3.8) is 0 Å². The fraction of sp³-hybridized carbons (Fsp3) is 0.598. The van der Waals surface area contributed by atoms with Crippen LogP contribution >= 0.6 is 23.5 Å². The molecule has 0 spiro atoms. The number of imide groups is 2. The number of alkyl carbamates (subject to hydrolysis) is 2. The minimum absolute atomic E-state index is 0.0119. The number of cyclic esters (lactones) is 2. The second-order valence-electron chi connectivity index (χ2n) is 34.7. The van der Waals surface area contributed by atoms with Gasteiger partial charge in [0.2, 0.25) is 53.2 Å². The SMILES string of the molecule is CC#CC[C@@H](C/C=C\CC(=O)[C@@H](NC(=O)\C=C/C=C\C(C)=C\[C@H](C)[C@@H]1CC=C(C)C(=O)O1)C(C)(C)C)OC(=O)NCCCNC(=O)CCCCCN1C(=O)CC(SC)C1=O.CC#CC[C@@H](C/C=C\CC(=O)[C@@H](NC(=O)\C=C/C=C\C(C)=C\[C@H](C)[C@@H]1CC=C(C)C(=O)O1)C(C)(C)C)OC(=O)NCCCNC(=O)CCSC1CC(=O)N(CC2CCC(C(=O)NC)CC2)C1=O. The van der Waals surface area contributed by atoms with E-state index in [1.807, 2.05) is 112 Å². The highest BCUT2D eigenvalue weighted by molar-refractivity contribution is 8.00. The summed E-state index contributed by atoms with van der Waals surface area (Å²) in [6.45, 7) is 28.0. The third-order valence-electron chi connectivity index (χ3n) is 21.8. The van der Waals surface area contributed by atoms with E-state index < -0.39 is 64.4 Å². The quantitative estimate of drug-likeness (QED) is 0.00435. The summed E-state index contributed by atoms with van der Waals surface area (Å²) >= 11 is 2.71. The highest BCUT2D eigenvalue weighted by atomic mass is 32.2. The molecule has 11 amide bonds. The van der Waals surface area contributed by atoms with Crippen LogP contribution in [0.5, 0.6) is 0 Å². The van der Waals surface area contributed by atoms with Crippen molar-refractivity contribution in [1.82, 2.24) is 47.0 Å². The Morgan fingerprint density at radius 2 is 0.992 bits per heavy atom. The van der Waals surface area contributed by atoms with Gasteiger partial charge >= 0.3 is 24.1 Å². The van der Waals surface area contributed by atoms with Gasteiger partial charge in [-0.3, -0.25) is 62.5 Å². The summed E-state index contributed by atoms with van der Waals surface area (Å²) in [7, 11) is 1.63. The predicted molar refractivity (Wildman–Crippen MR) is 495 cm³/mol. The average Bonchev–Trinajstić information content (AvgIpc) is 1.69. The first-order valence-electron chi connectivity index (χ1n) is 44.3. The smallest absolute Gasteiger partial charge is 0.407 e. The second-order valence-corrected chi connectivity index (χ2v) is 37.0. The molecule has 127 heavy (non-hydrogen) atoms. The maximum Gasteiger partial charge on any atom is 0.407 e. The molecule has 0 radical (unpaired) electrons. The van der Waals surface area contributed by atoms with E-state index >= 15 is 0 Å². The molecule has 5 aliphatic rings. The number of unbranched alkanes of at least 4 members (excludes halogenated alkanes) is 2. The highest BCUT2D eigenvalue weighted by Gasteiger charge is 2.42. The van der Waals surface area contributed by atoms with Crippen molar-refractivity contribution in [3.05, 3.63) is 120 Å². The van der Waals surface area contributed by atoms with Gasteiger partial charge in [0.1, 0.15) is 24.4 Å². The number of likely N-dealkylation sites (tertiary alicyclic amines) is 2. The number of nitrogens with one attached hydrogen (secondary N) is 7. The molecule has 1 saturated carbocycles. The maximum atomic E-state index is 13.3. The van der Waals surface area contributed by atoms with Gasteiger partial charge in [-0.05, 0) is 116 Å². The van der Waals surface area contributed by atoms with Crippen molar-refractivity contribution in [2.75, 3.05) is 58.3 Å². The van der Waals surface area contributed by atoms with E-state index in [2.05, 4.69) is 60.9 Å². The zero-order valence-electron chi connectivity index (χ0n) is 77.4. The van der Waals surface area contributed by atoms with Crippen molar-refractivity contribution < 1.29 is 90.9 Å². The monoisotopic (exact) mass is 1800 g/mol. The number of carbonyl (C=O) groups is 15. The standard InChI is InChI=1S/C51H73N5O10S.C46H66N4O9S/c1-9-10-17-39(18-12-13-19-40(57)46(51(5,6)7)55-44(59)20-14-11-16-34(2)31-36(4)41-26-21-35(3)49(63)66-41)65-50(64)54-29-15-28-53-43(58)27-30-67-42-32-45(60)56(48(42)62)33-37-22-24-38(25-23-37)47(61)52-8;1-9-10-20-35(58-45(57)48-28-18-27-47-39(52)23-12-11-17-29-50-41(54)31-38(60-8)43(50)55)21-14-15-22-36(51)42(46(5,6)7)49-40(53)24-16-13-19-32(2)30-34(4)37-26-25-33(3)44(56)59-37/h11-14,16,20-21,31,36-39,41-42,46H,15,17-19,22-30,32-33H2,1-8H3,(H,52,61)(H,53,58)(H,54,64)(H,55,59);13-16,19,24-25,30,34-35,37-38,42H,11-12,17-18,20-23,26-29,31H2,1-8H3,(H,47,52)(H,48,57)(H,49,53)/b13-12-,16-11-,20-14-,34-31+;15-14-,19-13-,24-16-,32-30+/t36-,37?,38?,39-,41-,42?,46+;34-,35-,37-,38?,42+/m00/s1. The lowest BCUT2D eigenvalue weighted by Crippen LogP contribution is -2.48. The molecule has 30 heteroatoms. The topological polar surface area (TPSA) is 384 Å². The fourth-order valence-corrected chi connectivity index (χ4v) is 16.1. The van der Waals surface area contributed by atoms with Crippen LogP contribution in [0.1, 0.15) is 232 Å². The summed E-state index contributed by atoms with van der Waals surface area (Å²) < 4.78 is 22.2. The number of ketones is 2. The van der Waals surface area contributed by atoms with Crippen LogP contribution in [0.25, 0.3) is 0 Å². The molecule has 698 valence electrons. The van der Waals surface area contributed by atoms with Gasteiger partial charge in [-0.15, -0.1) is 23.6 Å². The summed E-state index contributed by atoms with van der Waals surface area (Å²) in [6.07, 6.45) is 36.7. The van der Waals surface area contributed by atoms with E-state index in [1.165, 1.54) is 45.5 Å². The van der Waals surface area contributed by atoms with Crippen molar-refractivity contribution >= 4 is 112 Å².